The maximum absolute atomic E-state index is 12.0. The molecular formula is C14H22N4O6. The van der Waals surface area contributed by atoms with E-state index in [2.05, 4.69) is 26.0 Å². The van der Waals surface area contributed by atoms with Gasteiger partial charge in [0.1, 0.15) is 18.7 Å². The molecule has 1 fully saturated rings. The van der Waals surface area contributed by atoms with E-state index in [1.54, 1.807) is 6.92 Å². The number of hydrogen-bond donors (Lipinski definition) is 4. The number of carbonyl (C=O) groups is 5. The van der Waals surface area contributed by atoms with E-state index < -0.39 is 23.9 Å². The quantitative estimate of drug-likeness (QED) is 0.418. The van der Waals surface area contributed by atoms with Crippen LogP contribution in [-0.2, 0) is 28.7 Å². The first-order chi connectivity index (χ1) is 11.5. The second-order valence-corrected chi connectivity index (χ2v) is 5.16. The van der Waals surface area contributed by atoms with Gasteiger partial charge in [-0.15, -0.1) is 0 Å². The summed E-state index contributed by atoms with van der Waals surface area (Å²) in [6, 6.07) is -1.75. The smallest absolute Gasteiger partial charge is 0.293 e. The molecule has 4 N–H and O–H groups in total. The lowest BCUT2D eigenvalue weighted by Crippen LogP contribution is -2.52. The highest BCUT2D eigenvalue weighted by Gasteiger charge is 2.23. The van der Waals surface area contributed by atoms with Crippen LogP contribution in [0.2, 0.25) is 0 Å². The summed E-state index contributed by atoms with van der Waals surface area (Å²) in [7, 11) is 0. The van der Waals surface area contributed by atoms with Gasteiger partial charge >= 0.3 is 0 Å². The predicted octanol–water partition coefficient (Wildman–Crippen LogP) is -2.43. The summed E-state index contributed by atoms with van der Waals surface area (Å²) >= 11 is 0. The Hall–Kier alpha value is -2.65. The molecule has 0 saturated carbocycles. The van der Waals surface area contributed by atoms with Gasteiger partial charge in [0, 0.05) is 25.9 Å². The zero-order chi connectivity index (χ0) is 17.9. The zero-order valence-corrected chi connectivity index (χ0v) is 13.4. The van der Waals surface area contributed by atoms with Crippen LogP contribution in [0.25, 0.3) is 0 Å². The van der Waals surface area contributed by atoms with Crippen molar-refractivity contribution in [3.05, 3.63) is 0 Å². The van der Waals surface area contributed by atoms with Crippen molar-refractivity contribution in [2.45, 2.75) is 38.3 Å². The van der Waals surface area contributed by atoms with E-state index >= 15 is 0 Å². The Balaban J connectivity index is 2.76. The lowest BCUT2D eigenvalue weighted by atomic mass is 10.2. The molecule has 0 aromatic heterocycles. The first-order valence-corrected chi connectivity index (χ1v) is 7.67. The van der Waals surface area contributed by atoms with Crippen molar-refractivity contribution < 1.29 is 28.7 Å². The fourth-order valence-electron chi connectivity index (χ4n) is 2.05. The average molecular weight is 342 g/mol. The third kappa shape index (κ3) is 6.63. The largest absolute Gasteiger partial charge is 0.465 e. The molecule has 4 amide bonds. The molecule has 1 aliphatic heterocycles. The molecule has 0 bridgehead atoms. The van der Waals surface area contributed by atoms with E-state index in [1.807, 2.05) is 0 Å². The van der Waals surface area contributed by atoms with Crippen molar-refractivity contribution in [2.75, 3.05) is 19.7 Å². The first kappa shape index (κ1) is 19.4. The van der Waals surface area contributed by atoms with Crippen LogP contribution in [0.4, 0.5) is 0 Å². The number of carbonyl (C=O) groups excluding carboxylic acids is 5. The Bertz CT molecular complexity index is 496. The van der Waals surface area contributed by atoms with Gasteiger partial charge in [0.15, 0.2) is 0 Å². The fraction of sp³-hybridized carbons (Fsp3) is 0.643. The average Bonchev–Trinajstić information content (AvgIpc) is 2.55. The zero-order valence-electron chi connectivity index (χ0n) is 13.4. The first-order valence-electron chi connectivity index (χ1n) is 7.67. The summed E-state index contributed by atoms with van der Waals surface area (Å²) in [6.07, 6.45) is 0.326. The third-order valence-corrected chi connectivity index (χ3v) is 3.35. The SMILES string of the molecule is CC[C@@H]1NC(=O)CCNC(=O)[C@H](COC=O)NC(=O)CCNC1=O. The van der Waals surface area contributed by atoms with Gasteiger partial charge in [-0.05, 0) is 6.42 Å². The van der Waals surface area contributed by atoms with Crippen LogP contribution in [0.3, 0.4) is 0 Å². The van der Waals surface area contributed by atoms with Gasteiger partial charge in [-0.1, -0.05) is 6.92 Å². The fourth-order valence-corrected chi connectivity index (χ4v) is 2.05. The Morgan fingerprint density at radius 3 is 1.96 bits per heavy atom. The maximum atomic E-state index is 12.0. The van der Waals surface area contributed by atoms with E-state index in [-0.39, 0.29) is 50.8 Å². The molecule has 1 rings (SSSR count). The Morgan fingerprint density at radius 2 is 1.46 bits per heavy atom. The molecule has 134 valence electrons. The molecule has 0 aromatic rings. The summed E-state index contributed by atoms with van der Waals surface area (Å²) in [4.78, 5) is 57.8. The van der Waals surface area contributed by atoms with Crippen molar-refractivity contribution >= 4 is 30.1 Å². The minimum absolute atomic E-state index is 0.0231. The van der Waals surface area contributed by atoms with Gasteiger partial charge in [0.2, 0.25) is 23.6 Å². The van der Waals surface area contributed by atoms with Crippen LogP contribution in [0, 0.1) is 0 Å². The molecule has 24 heavy (non-hydrogen) atoms. The summed E-state index contributed by atoms with van der Waals surface area (Å²) in [5.74, 6) is -1.79. The minimum atomic E-state index is -1.06. The van der Waals surface area contributed by atoms with Gasteiger partial charge in [0.05, 0.1) is 0 Å². The van der Waals surface area contributed by atoms with Crippen LogP contribution >= 0.6 is 0 Å². The topological polar surface area (TPSA) is 143 Å². The molecule has 1 saturated heterocycles. The van der Waals surface area contributed by atoms with Crippen molar-refractivity contribution in [1.29, 1.82) is 0 Å². The number of rotatable bonds is 4. The molecule has 0 aromatic carbocycles. The minimum Gasteiger partial charge on any atom is -0.465 e. The highest BCUT2D eigenvalue weighted by molar-refractivity contribution is 5.90. The van der Waals surface area contributed by atoms with E-state index in [0.29, 0.717) is 6.42 Å². The normalized spacial score (nSPS) is 23.9. The second kappa shape index (κ2) is 10.2. The highest BCUT2D eigenvalue weighted by Crippen LogP contribution is 1.95. The van der Waals surface area contributed by atoms with E-state index in [9.17, 15) is 24.0 Å². The van der Waals surface area contributed by atoms with Gasteiger partial charge in [-0.3, -0.25) is 24.0 Å². The molecule has 0 spiro atoms. The van der Waals surface area contributed by atoms with Gasteiger partial charge in [0.25, 0.3) is 6.47 Å². The molecule has 10 nitrogen and oxygen atoms in total. The lowest BCUT2D eigenvalue weighted by molar-refractivity contribution is -0.136. The predicted molar refractivity (Wildman–Crippen MR) is 81.4 cm³/mol. The molecular weight excluding hydrogens is 320 g/mol. The van der Waals surface area contributed by atoms with Crippen molar-refractivity contribution in [1.82, 2.24) is 21.3 Å². The maximum Gasteiger partial charge on any atom is 0.293 e. The van der Waals surface area contributed by atoms with Crippen molar-refractivity contribution in [2.24, 2.45) is 0 Å². The summed E-state index contributed by atoms with van der Waals surface area (Å²) in [5, 5.41) is 10.0. The monoisotopic (exact) mass is 342 g/mol. The highest BCUT2D eigenvalue weighted by atomic mass is 16.5. The van der Waals surface area contributed by atoms with Crippen molar-refractivity contribution in [3.8, 4) is 0 Å². The van der Waals surface area contributed by atoms with Crippen LogP contribution in [0.5, 0.6) is 0 Å². The van der Waals surface area contributed by atoms with Gasteiger partial charge in [-0.2, -0.15) is 0 Å². The van der Waals surface area contributed by atoms with Gasteiger partial charge < -0.3 is 26.0 Å². The number of hydrogen-bond acceptors (Lipinski definition) is 6. The Morgan fingerprint density at radius 1 is 0.958 bits per heavy atom. The lowest BCUT2D eigenvalue weighted by Gasteiger charge is -2.20. The van der Waals surface area contributed by atoms with E-state index in [0.717, 1.165) is 0 Å². The number of amides is 4. The van der Waals surface area contributed by atoms with Crippen LogP contribution < -0.4 is 21.3 Å². The Labute approximate surface area is 139 Å². The standard InChI is InChI=1S/C14H22N4O6/c1-2-9-13(22)15-5-4-12(21)18-10(7-24-8-19)14(23)16-6-3-11(20)17-9/h8-10H,2-7H2,1H3,(H,15,22)(H,16,23)(H,17,20)(H,18,21)/t9-,10-/m0/s1. The third-order valence-electron chi connectivity index (χ3n) is 3.35. The molecule has 1 heterocycles. The van der Waals surface area contributed by atoms with E-state index in [4.69, 9.17) is 0 Å². The molecule has 0 aliphatic carbocycles. The van der Waals surface area contributed by atoms with Crippen molar-refractivity contribution in [3.63, 3.8) is 0 Å². The molecule has 2 atom stereocenters. The van der Waals surface area contributed by atoms with E-state index in [1.165, 1.54) is 0 Å². The number of ether oxygens (including phenoxy) is 1. The van der Waals surface area contributed by atoms with Gasteiger partial charge in [-0.25, -0.2) is 0 Å². The summed E-state index contributed by atoms with van der Waals surface area (Å²) in [6.45, 7) is 1.68. The summed E-state index contributed by atoms with van der Waals surface area (Å²) < 4.78 is 4.52. The Kier molecular flexibility index (Phi) is 8.23. The molecule has 0 unspecified atom stereocenters. The van der Waals surface area contributed by atoms with Crippen LogP contribution in [0.1, 0.15) is 26.2 Å². The number of nitrogens with one attached hydrogen (secondary N) is 4. The molecule has 1 aliphatic rings. The summed E-state index contributed by atoms with van der Waals surface area (Å²) in [5.41, 5.74) is 0. The van der Waals surface area contributed by atoms with Crippen LogP contribution in [0.15, 0.2) is 0 Å². The van der Waals surface area contributed by atoms with Crippen LogP contribution in [-0.4, -0.2) is 61.9 Å². The molecule has 10 heteroatoms. The molecule has 0 radical (unpaired) electrons. The second-order valence-electron chi connectivity index (χ2n) is 5.16.